The highest BCUT2D eigenvalue weighted by atomic mass is 127. The first kappa shape index (κ1) is 18.7. The molecule has 1 aliphatic heterocycles. The zero-order valence-corrected chi connectivity index (χ0v) is 15.4. The molecule has 7 nitrogen and oxygen atoms in total. The average molecular weight is 445 g/mol. The third-order valence-corrected chi connectivity index (χ3v) is 5.08. The number of aliphatic hydroxyl groups excluding tert-OH is 1. The third kappa shape index (κ3) is 4.44. The fraction of sp³-hybridized carbons (Fsp3) is 0.438. The van der Waals surface area contributed by atoms with E-state index in [0.29, 0.717) is 0 Å². The molecule has 0 aromatic heterocycles. The molecule has 0 spiro atoms. The SMILES string of the molecule is CC(=O)N1C[C@H](O)C[C@H]1C(=O)N[C@@H](Cc1ccccc1I)C(N)=O. The molecule has 3 amide bonds. The Balaban J connectivity index is 2.10. The number of likely N-dealkylation sites (tertiary alicyclic amines) is 1. The van der Waals surface area contributed by atoms with Gasteiger partial charge in [-0.05, 0) is 34.2 Å². The van der Waals surface area contributed by atoms with E-state index in [0.717, 1.165) is 9.13 Å². The number of β-amino-alcohol motifs (C(OH)–C–C–N with tert-alkyl or cyclic N) is 1. The van der Waals surface area contributed by atoms with Crippen LogP contribution in [0.25, 0.3) is 0 Å². The number of nitrogens with one attached hydrogen (secondary N) is 1. The Morgan fingerprint density at radius 3 is 2.67 bits per heavy atom. The van der Waals surface area contributed by atoms with Crippen LogP contribution >= 0.6 is 22.6 Å². The van der Waals surface area contributed by atoms with Gasteiger partial charge in [0.05, 0.1) is 6.10 Å². The van der Waals surface area contributed by atoms with Gasteiger partial charge in [-0.1, -0.05) is 18.2 Å². The molecule has 1 aromatic rings. The van der Waals surface area contributed by atoms with Crippen LogP contribution in [0.5, 0.6) is 0 Å². The number of nitrogens with two attached hydrogens (primary N) is 1. The van der Waals surface area contributed by atoms with E-state index in [1.807, 2.05) is 24.3 Å². The van der Waals surface area contributed by atoms with Crippen molar-refractivity contribution < 1.29 is 19.5 Å². The first-order chi connectivity index (χ1) is 11.3. The monoisotopic (exact) mass is 445 g/mol. The van der Waals surface area contributed by atoms with Crippen LogP contribution in [0.3, 0.4) is 0 Å². The van der Waals surface area contributed by atoms with Crippen LogP contribution in [0.1, 0.15) is 18.9 Å². The number of halogens is 1. The number of rotatable bonds is 5. The molecular formula is C16H20IN3O4. The minimum absolute atomic E-state index is 0.116. The molecule has 0 unspecified atom stereocenters. The normalized spacial score (nSPS) is 21.4. The summed E-state index contributed by atoms with van der Waals surface area (Å²) in [4.78, 5) is 37.1. The first-order valence-electron chi connectivity index (χ1n) is 7.58. The molecule has 24 heavy (non-hydrogen) atoms. The molecule has 1 aromatic carbocycles. The van der Waals surface area contributed by atoms with E-state index in [4.69, 9.17) is 5.73 Å². The zero-order valence-electron chi connectivity index (χ0n) is 13.2. The Morgan fingerprint density at radius 2 is 2.08 bits per heavy atom. The van der Waals surface area contributed by atoms with Crippen molar-refractivity contribution in [3.63, 3.8) is 0 Å². The quantitative estimate of drug-likeness (QED) is 0.545. The van der Waals surface area contributed by atoms with Crippen LogP contribution in [0, 0.1) is 3.57 Å². The second kappa shape index (κ2) is 7.93. The number of hydrogen-bond donors (Lipinski definition) is 3. The Hall–Kier alpha value is -1.68. The summed E-state index contributed by atoms with van der Waals surface area (Å²) in [5.74, 6) is -1.41. The Morgan fingerprint density at radius 1 is 1.42 bits per heavy atom. The van der Waals surface area contributed by atoms with Crippen LogP contribution in [0.2, 0.25) is 0 Å². The van der Waals surface area contributed by atoms with Crippen molar-refractivity contribution in [3.05, 3.63) is 33.4 Å². The molecule has 1 heterocycles. The smallest absolute Gasteiger partial charge is 0.243 e. The van der Waals surface area contributed by atoms with Gasteiger partial charge in [0.25, 0.3) is 0 Å². The van der Waals surface area contributed by atoms with Gasteiger partial charge >= 0.3 is 0 Å². The molecule has 8 heteroatoms. The molecule has 1 saturated heterocycles. The van der Waals surface area contributed by atoms with Gasteiger partial charge in [-0.25, -0.2) is 0 Å². The van der Waals surface area contributed by atoms with Gasteiger partial charge < -0.3 is 21.1 Å². The Labute approximate surface area is 153 Å². The van der Waals surface area contributed by atoms with E-state index in [9.17, 15) is 19.5 Å². The van der Waals surface area contributed by atoms with Crippen LogP contribution in [0.4, 0.5) is 0 Å². The summed E-state index contributed by atoms with van der Waals surface area (Å²) in [6.07, 6.45) is -0.318. The molecule has 1 aliphatic rings. The maximum absolute atomic E-state index is 12.5. The number of carbonyl (C=O) groups excluding carboxylic acids is 3. The third-order valence-electron chi connectivity index (χ3n) is 4.03. The highest BCUT2D eigenvalue weighted by Gasteiger charge is 2.38. The van der Waals surface area contributed by atoms with Gasteiger partial charge in [0.1, 0.15) is 12.1 Å². The lowest BCUT2D eigenvalue weighted by Gasteiger charge is -2.24. The molecule has 0 radical (unpaired) electrons. The van der Waals surface area contributed by atoms with Gasteiger partial charge in [-0.3, -0.25) is 14.4 Å². The minimum Gasteiger partial charge on any atom is -0.391 e. The lowest BCUT2D eigenvalue weighted by molar-refractivity contribution is -0.138. The second-order valence-corrected chi connectivity index (χ2v) is 7.00. The predicted octanol–water partition coefficient (Wildman–Crippen LogP) is -0.214. The maximum Gasteiger partial charge on any atom is 0.243 e. The van der Waals surface area contributed by atoms with Gasteiger partial charge in [0.2, 0.25) is 17.7 Å². The second-order valence-electron chi connectivity index (χ2n) is 5.84. The Bertz CT molecular complexity index is 652. The van der Waals surface area contributed by atoms with Gasteiger partial charge in [0.15, 0.2) is 0 Å². The number of nitrogens with zero attached hydrogens (tertiary/aromatic N) is 1. The summed E-state index contributed by atoms with van der Waals surface area (Å²) < 4.78 is 0.970. The number of aliphatic hydroxyl groups is 1. The number of hydrogen-bond acceptors (Lipinski definition) is 4. The topological polar surface area (TPSA) is 113 Å². The van der Waals surface area contributed by atoms with Crippen LogP contribution in [0.15, 0.2) is 24.3 Å². The van der Waals surface area contributed by atoms with Crippen molar-refractivity contribution in [3.8, 4) is 0 Å². The van der Waals surface area contributed by atoms with E-state index in [1.54, 1.807) is 0 Å². The van der Waals surface area contributed by atoms with Crippen LogP contribution in [-0.4, -0.2) is 52.5 Å². The van der Waals surface area contributed by atoms with E-state index in [1.165, 1.54) is 11.8 Å². The number of carbonyl (C=O) groups is 3. The predicted molar refractivity (Wildman–Crippen MR) is 95.8 cm³/mol. The lowest BCUT2D eigenvalue weighted by Crippen LogP contribution is -2.52. The fourth-order valence-electron chi connectivity index (χ4n) is 2.78. The van der Waals surface area contributed by atoms with Gasteiger partial charge in [0, 0.05) is 29.9 Å². The molecule has 4 N–H and O–H groups in total. The molecule has 0 bridgehead atoms. The van der Waals surface area contributed by atoms with Crippen molar-refractivity contribution in [1.29, 1.82) is 0 Å². The van der Waals surface area contributed by atoms with Crippen LogP contribution in [-0.2, 0) is 20.8 Å². The molecule has 1 fully saturated rings. The number of benzene rings is 1. The zero-order chi connectivity index (χ0) is 17.9. The Kier molecular flexibility index (Phi) is 6.16. The summed E-state index contributed by atoms with van der Waals surface area (Å²) in [7, 11) is 0. The number of amides is 3. The van der Waals surface area contributed by atoms with Crippen molar-refractivity contribution in [2.45, 2.75) is 38.0 Å². The molecule has 3 atom stereocenters. The number of primary amides is 1. The van der Waals surface area contributed by atoms with Crippen molar-refractivity contribution in [2.75, 3.05) is 6.54 Å². The summed E-state index contributed by atoms with van der Waals surface area (Å²) in [6.45, 7) is 1.46. The van der Waals surface area contributed by atoms with E-state index in [2.05, 4.69) is 27.9 Å². The standard InChI is InChI=1S/C16H20IN3O4/c1-9(21)20-8-11(22)7-14(20)16(24)19-13(15(18)23)6-10-4-2-3-5-12(10)17/h2-5,11,13-14,22H,6-8H2,1H3,(H2,18,23)(H,19,24)/t11-,13+,14+/m1/s1. The van der Waals surface area contributed by atoms with Crippen molar-refractivity contribution in [1.82, 2.24) is 10.2 Å². The van der Waals surface area contributed by atoms with Crippen molar-refractivity contribution in [2.24, 2.45) is 5.73 Å². The summed E-state index contributed by atoms with van der Waals surface area (Å²) >= 11 is 2.15. The molecule has 0 aliphatic carbocycles. The molecule has 0 saturated carbocycles. The van der Waals surface area contributed by atoms with Crippen LogP contribution < -0.4 is 11.1 Å². The average Bonchev–Trinajstić information content (AvgIpc) is 2.91. The summed E-state index contributed by atoms with van der Waals surface area (Å²) in [5, 5.41) is 12.3. The van der Waals surface area contributed by atoms with Gasteiger partial charge in [-0.15, -0.1) is 0 Å². The fourth-order valence-corrected chi connectivity index (χ4v) is 3.39. The molecule has 130 valence electrons. The largest absolute Gasteiger partial charge is 0.391 e. The summed E-state index contributed by atoms with van der Waals surface area (Å²) in [5.41, 5.74) is 6.32. The van der Waals surface area contributed by atoms with Gasteiger partial charge in [-0.2, -0.15) is 0 Å². The molecule has 2 rings (SSSR count). The summed E-state index contributed by atoms with van der Waals surface area (Å²) in [6, 6.07) is 5.84. The minimum atomic E-state index is -0.875. The molecular weight excluding hydrogens is 425 g/mol. The highest BCUT2D eigenvalue weighted by molar-refractivity contribution is 14.1. The maximum atomic E-state index is 12.5. The van der Waals surface area contributed by atoms with E-state index >= 15 is 0 Å². The lowest BCUT2D eigenvalue weighted by atomic mass is 10.0. The van der Waals surface area contributed by atoms with E-state index < -0.39 is 30.0 Å². The van der Waals surface area contributed by atoms with Crippen molar-refractivity contribution >= 4 is 40.3 Å². The first-order valence-corrected chi connectivity index (χ1v) is 8.65. The van der Waals surface area contributed by atoms with E-state index in [-0.39, 0.29) is 25.3 Å². The highest BCUT2D eigenvalue weighted by Crippen LogP contribution is 2.19.